The average molecular weight is 232 g/mol. The third-order valence-electron chi connectivity index (χ3n) is 2.41. The van der Waals surface area contributed by atoms with Crippen molar-refractivity contribution in [2.45, 2.75) is 13.2 Å². The summed E-state index contributed by atoms with van der Waals surface area (Å²) in [6, 6.07) is 6.67. The Labute approximate surface area is 98.0 Å². The van der Waals surface area contributed by atoms with E-state index in [1.807, 2.05) is 4.57 Å². The van der Waals surface area contributed by atoms with Gasteiger partial charge in [-0.3, -0.25) is 0 Å². The zero-order valence-electron chi connectivity index (χ0n) is 9.08. The minimum absolute atomic E-state index is 0.0784. The van der Waals surface area contributed by atoms with Gasteiger partial charge in [0.1, 0.15) is 0 Å². The number of hydrogen-bond acceptors (Lipinski definition) is 3. The molecular formula is C12H12N2O3. The Balaban J connectivity index is 2.10. The summed E-state index contributed by atoms with van der Waals surface area (Å²) in [5.74, 6) is -0.929. The van der Waals surface area contributed by atoms with Crippen LogP contribution in [0.1, 0.15) is 21.6 Å². The number of carboxylic acid groups (broad SMARTS) is 1. The highest BCUT2D eigenvalue weighted by Crippen LogP contribution is 2.07. The first-order chi connectivity index (χ1) is 8.19. The molecule has 0 spiro atoms. The Kier molecular flexibility index (Phi) is 3.20. The van der Waals surface area contributed by atoms with Gasteiger partial charge >= 0.3 is 5.97 Å². The largest absolute Gasteiger partial charge is 0.478 e. The quantitative estimate of drug-likeness (QED) is 0.828. The second-order valence-electron chi connectivity index (χ2n) is 3.70. The fourth-order valence-electron chi connectivity index (χ4n) is 1.54. The molecule has 0 aliphatic carbocycles. The molecule has 2 rings (SSSR count). The number of nitrogens with zero attached hydrogens (tertiary/aromatic N) is 2. The van der Waals surface area contributed by atoms with E-state index in [9.17, 15) is 4.79 Å². The molecular weight excluding hydrogens is 220 g/mol. The molecule has 0 atom stereocenters. The molecule has 0 unspecified atom stereocenters. The summed E-state index contributed by atoms with van der Waals surface area (Å²) in [6.07, 6.45) is 3.39. The Hall–Kier alpha value is -2.14. The number of carbonyl (C=O) groups is 1. The topological polar surface area (TPSA) is 75.3 Å². The Morgan fingerprint density at radius 1 is 1.29 bits per heavy atom. The molecule has 0 saturated heterocycles. The Morgan fingerprint density at radius 3 is 2.53 bits per heavy atom. The lowest BCUT2D eigenvalue weighted by molar-refractivity contribution is 0.0697. The van der Waals surface area contributed by atoms with Crippen LogP contribution in [0, 0.1) is 0 Å². The number of aromatic nitrogens is 2. The van der Waals surface area contributed by atoms with Gasteiger partial charge in [0.25, 0.3) is 0 Å². The molecule has 5 nitrogen and oxygen atoms in total. The van der Waals surface area contributed by atoms with Crippen molar-refractivity contribution < 1.29 is 15.0 Å². The summed E-state index contributed by atoms with van der Waals surface area (Å²) in [5.41, 5.74) is 1.87. The third kappa shape index (κ3) is 2.70. The molecule has 17 heavy (non-hydrogen) atoms. The number of benzene rings is 1. The van der Waals surface area contributed by atoms with E-state index in [2.05, 4.69) is 4.98 Å². The molecule has 0 radical (unpaired) electrons. The zero-order chi connectivity index (χ0) is 12.3. The molecule has 1 heterocycles. The molecule has 0 aliphatic rings. The van der Waals surface area contributed by atoms with Crippen LogP contribution >= 0.6 is 0 Å². The van der Waals surface area contributed by atoms with Crippen molar-refractivity contribution in [2.24, 2.45) is 0 Å². The van der Waals surface area contributed by atoms with E-state index >= 15 is 0 Å². The van der Waals surface area contributed by atoms with Crippen LogP contribution in [-0.2, 0) is 13.2 Å². The van der Waals surface area contributed by atoms with Crippen LogP contribution in [-0.4, -0.2) is 25.7 Å². The first kappa shape index (κ1) is 11.3. The number of imidazole rings is 1. The van der Waals surface area contributed by atoms with Crippen molar-refractivity contribution in [2.75, 3.05) is 0 Å². The van der Waals surface area contributed by atoms with Crippen molar-refractivity contribution in [3.8, 4) is 0 Å². The van der Waals surface area contributed by atoms with E-state index in [1.165, 1.54) is 0 Å². The maximum Gasteiger partial charge on any atom is 0.335 e. The number of carboxylic acids is 1. The fourth-order valence-corrected chi connectivity index (χ4v) is 1.54. The van der Waals surface area contributed by atoms with Crippen molar-refractivity contribution in [1.29, 1.82) is 0 Å². The Bertz CT molecular complexity index is 517. The van der Waals surface area contributed by atoms with E-state index in [-0.39, 0.29) is 12.2 Å². The molecule has 0 saturated carbocycles. The van der Waals surface area contributed by atoms with E-state index in [0.717, 1.165) is 5.56 Å². The molecule has 5 heteroatoms. The highest BCUT2D eigenvalue weighted by atomic mass is 16.4. The summed E-state index contributed by atoms with van der Waals surface area (Å²) in [7, 11) is 0. The van der Waals surface area contributed by atoms with Crippen LogP contribution in [0.5, 0.6) is 0 Å². The molecule has 1 aromatic carbocycles. The number of aliphatic hydroxyl groups excluding tert-OH is 1. The molecule has 88 valence electrons. The maximum atomic E-state index is 10.7. The lowest BCUT2D eigenvalue weighted by Gasteiger charge is -2.02. The summed E-state index contributed by atoms with van der Waals surface area (Å²) in [6.45, 7) is 0.526. The van der Waals surface area contributed by atoms with E-state index in [1.54, 1.807) is 36.8 Å². The SMILES string of the molecule is O=C(O)c1ccc(Cn2cnc(CO)c2)cc1. The van der Waals surface area contributed by atoms with E-state index in [4.69, 9.17) is 10.2 Å². The van der Waals surface area contributed by atoms with Crippen LogP contribution in [0.15, 0.2) is 36.8 Å². The van der Waals surface area contributed by atoms with Crippen LogP contribution in [0.4, 0.5) is 0 Å². The predicted octanol–water partition coefficient (Wildman–Crippen LogP) is 1.12. The van der Waals surface area contributed by atoms with Crippen LogP contribution in [0.25, 0.3) is 0 Å². The molecule has 0 fully saturated rings. The summed E-state index contributed by atoms with van der Waals surface area (Å²) in [5, 5.41) is 17.6. The highest BCUT2D eigenvalue weighted by Gasteiger charge is 2.02. The third-order valence-corrected chi connectivity index (χ3v) is 2.41. The highest BCUT2D eigenvalue weighted by molar-refractivity contribution is 5.87. The van der Waals surface area contributed by atoms with Crippen LogP contribution in [0.2, 0.25) is 0 Å². The van der Waals surface area contributed by atoms with Gasteiger partial charge in [0.15, 0.2) is 0 Å². The molecule has 0 bridgehead atoms. The predicted molar refractivity (Wildman–Crippen MR) is 60.7 cm³/mol. The summed E-state index contributed by atoms with van der Waals surface area (Å²) < 4.78 is 1.83. The lowest BCUT2D eigenvalue weighted by atomic mass is 10.1. The molecule has 0 amide bonds. The summed E-state index contributed by atoms with van der Waals surface area (Å²) >= 11 is 0. The van der Waals surface area contributed by atoms with Gasteiger partial charge in [-0.25, -0.2) is 9.78 Å². The zero-order valence-corrected chi connectivity index (χ0v) is 9.08. The average Bonchev–Trinajstić information content (AvgIpc) is 2.77. The van der Waals surface area contributed by atoms with Gasteiger partial charge in [-0.2, -0.15) is 0 Å². The first-order valence-electron chi connectivity index (χ1n) is 5.13. The number of hydrogen-bond donors (Lipinski definition) is 2. The van der Waals surface area contributed by atoms with E-state index in [0.29, 0.717) is 12.2 Å². The second-order valence-corrected chi connectivity index (χ2v) is 3.70. The minimum atomic E-state index is -0.929. The van der Waals surface area contributed by atoms with Gasteiger partial charge in [0.05, 0.1) is 24.2 Å². The normalized spacial score (nSPS) is 10.4. The van der Waals surface area contributed by atoms with Gasteiger partial charge in [-0.15, -0.1) is 0 Å². The van der Waals surface area contributed by atoms with Crippen molar-refractivity contribution in [3.05, 3.63) is 53.6 Å². The monoisotopic (exact) mass is 232 g/mol. The van der Waals surface area contributed by atoms with Crippen molar-refractivity contribution >= 4 is 5.97 Å². The van der Waals surface area contributed by atoms with Gasteiger partial charge in [-0.05, 0) is 17.7 Å². The van der Waals surface area contributed by atoms with Crippen molar-refractivity contribution in [3.63, 3.8) is 0 Å². The van der Waals surface area contributed by atoms with Gasteiger partial charge < -0.3 is 14.8 Å². The molecule has 2 aromatic rings. The summed E-state index contributed by atoms with van der Waals surface area (Å²) in [4.78, 5) is 14.7. The maximum absolute atomic E-state index is 10.7. The van der Waals surface area contributed by atoms with Gasteiger partial charge in [0, 0.05) is 12.7 Å². The molecule has 2 N–H and O–H groups in total. The fraction of sp³-hybridized carbons (Fsp3) is 0.167. The van der Waals surface area contributed by atoms with Crippen LogP contribution in [0.3, 0.4) is 0 Å². The standard InChI is InChI=1S/C12H12N2O3/c15-7-11-6-14(8-13-11)5-9-1-3-10(4-2-9)12(16)17/h1-4,6,8,15H,5,7H2,(H,16,17). The van der Waals surface area contributed by atoms with Gasteiger partial charge in [-0.1, -0.05) is 12.1 Å². The molecule has 1 aromatic heterocycles. The number of aliphatic hydroxyl groups is 1. The molecule has 0 aliphatic heterocycles. The van der Waals surface area contributed by atoms with Crippen LogP contribution < -0.4 is 0 Å². The number of rotatable bonds is 4. The lowest BCUT2D eigenvalue weighted by Crippen LogP contribution is -1.99. The van der Waals surface area contributed by atoms with Gasteiger partial charge in [0.2, 0.25) is 0 Å². The first-order valence-corrected chi connectivity index (χ1v) is 5.13. The number of aromatic carboxylic acids is 1. The second kappa shape index (κ2) is 4.80. The minimum Gasteiger partial charge on any atom is -0.478 e. The van der Waals surface area contributed by atoms with Crippen molar-refractivity contribution in [1.82, 2.24) is 9.55 Å². The van der Waals surface area contributed by atoms with E-state index < -0.39 is 5.97 Å². The smallest absolute Gasteiger partial charge is 0.335 e. The Morgan fingerprint density at radius 2 is 2.00 bits per heavy atom.